The molecule has 0 amide bonds. The minimum atomic E-state index is -0.195. The van der Waals surface area contributed by atoms with Crippen molar-refractivity contribution in [1.29, 1.82) is 5.41 Å². The number of nitrogens with zero attached hydrogens (tertiary/aromatic N) is 5. The van der Waals surface area contributed by atoms with Gasteiger partial charge in [-0.2, -0.15) is 15.0 Å². The molecule has 0 aromatic heterocycles. The number of fused-ring (bicyclic) bond motifs is 1. The van der Waals surface area contributed by atoms with E-state index in [1.54, 1.807) is 4.90 Å². The van der Waals surface area contributed by atoms with E-state index in [2.05, 4.69) is 39.1 Å². The zero-order chi connectivity index (χ0) is 14.0. The summed E-state index contributed by atoms with van der Waals surface area (Å²) in [4.78, 5) is 17.7. The Morgan fingerprint density at radius 1 is 1.47 bits per heavy atom. The molecule has 9 nitrogen and oxygen atoms in total. The summed E-state index contributed by atoms with van der Waals surface area (Å²) < 4.78 is 0. The van der Waals surface area contributed by atoms with Gasteiger partial charge in [-0.3, -0.25) is 10.3 Å². The summed E-state index contributed by atoms with van der Waals surface area (Å²) in [5, 5.41) is 10.6. The van der Waals surface area contributed by atoms with Gasteiger partial charge in [0.15, 0.2) is 0 Å². The Labute approximate surface area is 110 Å². The van der Waals surface area contributed by atoms with Crippen LogP contribution in [0.5, 0.6) is 0 Å². The van der Waals surface area contributed by atoms with Crippen LogP contribution in [0, 0.1) is 11.3 Å². The highest BCUT2D eigenvalue weighted by atomic mass is 15.5. The SMILES string of the molecule is CC(C)CC1NC(=N)N=C2N=C(N)N=C(/N=C\N)N21. The van der Waals surface area contributed by atoms with Crippen molar-refractivity contribution < 1.29 is 0 Å². The van der Waals surface area contributed by atoms with Gasteiger partial charge < -0.3 is 16.8 Å². The van der Waals surface area contributed by atoms with Crippen molar-refractivity contribution >= 4 is 30.2 Å². The number of rotatable bonds is 2. The molecule has 0 aromatic rings. The van der Waals surface area contributed by atoms with E-state index in [9.17, 15) is 0 Å². The smallest absolute Gasteiger partial charge is 0.240 e. The molecule has 2 heterocycles. The topological polar surface area (TPSA) is 141 Å². The van der Waals surface area contributed by atoms with Crippen LogP contribution < -0.4 is 16.8 Å². The highest BCUT2D eigenvalue weighted by Gasteiger charge is 2.34. The van der Waals surface area contributed by atoms with Crippen molar-refractivity contribution in [1.82, 2.24) is 10.2 Å². The standard InChI is InChI=1S/C10H17N9/c1-5(2)3-6-15-7(12)17-10-18-8(13)16-9(14-4-11)19(6)10/h4-6H,3H2,1-2H3,(H6,11,12,13,14,15,16,17,18). The van der Waals surface area contributed by atoms with Crippen LogP contribution >= 0.6 is 0 Å². The van der Waals surface area contributed by atoms with Crippen molar-refractivity contribution in [2.75, 3.05) is 0 Å². The van der Waals surface area contributed by atoms with Gasteiger partial charge in [-0.1, -0.05) is 13.8 Å². The van der Waals surface area contributed by atoms with Crippen LogP contribution in [-0.2, 0) is 0 Å². The summed E-state index contributed by atoms with van der Waals surface area (Å²) in [5.74, 6) is 1.14. The number of guanidine groups is 4. The quantitative estimate of drug-likeness (QED) is 0.383. The van der Waals surface area contributed by atoms with E-state index in [4.69, 9.17) is 16.9 Å². The Bertz CT molecular complexity index is 499. The van der Waals surface area contributed by atoms with E-state index in [0.717, 1.165) is 12.8 Å². The number of hydrogen-bond donors (Lipinski definition) is 4. The first-order valence-electron chi connectivity index (χ1n) is 5.91. The molecule has 2 aliphatic heterocycles. The third kappa shape index (κ3) is 2.69. The normalized spacial score (nSPS) is 22.9. The van der Waals surface area contributed by atoms with Crippen LogP contribution in [-0.4, -0.2) is 41.2 Å². The van der Waals surface area contributed by atoms with Crippen LogP contribution in [0.4, 0.5) is 0 Å². The molecule has 2 aliphatic rings. The molecule has 0 radical (unpaired) electrons. The van der Waals surface area contributed by atoms with Crippen LogP contribution in [0.3, 0.4) is 0 Å². The van der Waals surface area contributed by atoms with E-state index in [0.29, 0.717) is 17.8 Å². The molecule has 0 bridgehead atoms. The fourth-order valence-corrected chi connectivity index (χ4v) is 1.91. The van der Waals surface area contributed by atoms with Gasteiger partial charge in [-0.25, -0.2) is 4.99 Å². The van der Waals surface area contributed by atoms with Gasteiger partial charge in [0.05, 0.1) is 6.34 Å². The average molecular weight is 263 g/mol. The predicted octanol–water partition coefficient (Wildman–Crippen LogP) is -0.774. The fourth-order valence-electron chi connectivity index (χ4n) is 1.91. The Morgan fingerprint density at radius 3 is 2.84 bits per heavy atom. The summed E-state index contributed by atoms with van der Waals surface area (Å²) in [5.41, 5.74) is 10.9. The second-order valence-corrected chi connectivity index (χ2v) is 4.58. The first kappa shape index (κ1) is 13.0. The molecule has 9 heteroatoms. The van der Waals surface area contributed by atoms with Gasteiger partial charge in [-0.05, 0) is 12.3 Å². The van der Waals surface area contributed by atoms with Crippen molar-refractivity contribution in [3.05, 3.63) is 0 Å². The van der Waals surface area contributed by atoms with Crippen LogP contribution in [0.2, 0.25) is 0 Å². The maximum absolute atomic E-state index is 7.68. The van der Waals surface area contributed by atoms with Crippen LogP contribution in [0.1, 0.15) is 20.3 Å². The first-order chi connectivity index (χ1) is 9.01. The largest absolute Gasteiger partial charge is 0.390 e. The lowest BCUT2D eigenvalue weighted by Crippen LogP contribution is -2.58. The molecule has 1 atom stereocenters. The number of nitrogens with two attached hydrogens (primary N) is 2. The second kappa shape index (κ2) is 5.04. The van der Waals surface area contributed by atoms with E-state index >= 15 is 0 Å². The fraction of sp³-hybridized carbons (Fsp3) is 0.500. The molecule has 1 unspecified atom stereocenters. The summed E-state index contributed by atoms with van der Waals surface area (Å²) in [6, 6.07) is 0. The third-order valence-corrected chi connectivity index (χ3v) is 2.57. The molecule has 0 saturated carbocycles. The lowest BCUT2D eigenvalue weighted by molar-refractivity contribution is 0.326. The zero-order valence-electron chi connectivity index (χ0n) is 10.8. The van der Waals surface area contributed by atoms with Gasteiger partial charge in [-0.15, -0.1) is 0 Å². The third-order valence-electron chi connectivity index (χ3n) is 2.57. The van der Waals surface area contributed by atoms with Crippen molar-refractivity contribution in [2.45, 2.75) is 26.4 Å². The molecule has 2 rings (SSSR count). The minimum absolute atomic E-state index is 0.0476. The summed E-state index contributed by atoms with van der Waals surface area (Å²) in [7, 11) is 0. The minimum Gasteiger partial charge on any atom is -0.390 e. The van der Waals surface area contributed by atoms with E-state index in [-0.39, 0.29) is 18.1 Å². The van der Waals surface area contributed by atoms with Gasteiger partial charge in [0.2, 0.25) is 23.8 Å². The molecule has 102 valence electrons. The summed E-state index contributed by atoms with van der Waals surface area (Å²) in [6.45, 7) is 4.17. The van der Waals surface area contributed by atoms with Gasteiger partial charge in [0, 0.05) is 0 Å². The lowest BCUT2D eigenvalue weighted by Gasteiger charge is -2.37. The maximum Gasteiger partial charge on any atom is 0.240 e. The van der Waals surface area contributed by atoms with E-state index in [1.165, 1.54) is 0 Å². The Hall–Kier alpha value is -2.45. The monoisotopic (exact) mass is 263 g/mol. The number of nitrogens with one attached hydrogen (secondary N) is 2. The lowest BCUT2D eigenvalue weighted by atomic mass is 10.1. The van der Waals surface area contributed by atoms with Crippen molar-refractivity contribution in [3.8, 4) is 0 Å². The molecule has 0 spiro atoms. The van der Waals surface area contributed by atoms with E-state index < -0.39 is 0 Å². The van der Waals surface area contributed by atoms with Gasteiger partial charge in [0.25, 0.3) is 0 Å². The first-order valence-corrected chi connectivity index (χ1v) is 5.91. The molecule has 19 heavy (non-hydrogen) atoms. The Balaban J connectivity index is 2.40. The Morgan fingerprint density at radius 2 is 2.21 bits per heavy atom. The molecule has 0 saturated heterocycles. The molecular weight excluding hydrogens is 246 g/mol. The molecule has 6 N–H and O–H groups in total. The molecule has 0 fully saturated rings. The maximum atomic E-state index is 7.68. The zero-order valence-corrected chi connectivity index (χ0v) is 10.8. The summed E-state index contributed by atoms with van der Waals surface area (Å²) >= 11 is 0. The predicted molar refractivity (Wildman–Crippen MR) is 75.1 cm³/mol. The van der Waals surface area contributed by atoms with Crippen LogP contribution in [0.15, 0.2) is 20.0 Å². The highest BCUT2D eigenvalue weighted by molar-refractivity contribution is 6.16. The summed E-state index contributed by atoms with van der Waals surface area (Å²) in [6.07, 6.45) is 1.72. The van der Waals surface area contributed by atoms with Crippen LogP contribution in [0.25, 0.3) is 0 Å². The van der Waals surface area contributed by atoms with E-state index in [1.807, 2.05) is 0 Å². The molecular formula is C10H17N9. The van der Waals surface area contributed by atoms with Gasteiger partial charge >= 0.3 is 0 Å². The molecule has 0 aromatic carbocycles. The number of aliphatic imine (C=N–C) groups is 4. The average Bonchev–Trinajstić information content (AvgIpc) is 2.26. The van der Waals surface area contributed by atoms with Crippen molar-refractivity contribution in [3.63, 3.8) is 0 Å². The highest BCUT2D eigenvalue weighted by Crippen LogP contribution is 2.17. The number of hydrogen-bond acceptors (Lipinski definition) is 6. The van der Waals surface area contributed by atoms with Crippen molar-refractivity contribution in [2.24, 2.45) is 37.4 Å². The van der Waals surface area contributed by atoms with Gasteiger partial charge in [0.1, 0.15) is 6.17 Å². The Kier molecular flexibility index (Phi) is 3.45. The molecule has 0 aliphatic carbocycles. The second-order valence-electron chi connectivity index (χ2n) is 4.58.